The first-order valence-electron chi connectivity index (χ1n) is 10.3. The largest absolute Gasteiger partial charge is 0.497 e. The summed E-state index contributed by atoms with van der Waals surface area (Å²) in [7, 11) is 1.61. The number of nitrogens with zero attached hydrogens (tertiary/aromatic N) is 2. The van der Waals surface area contributed by atoms with Gasteiger partial charge in [-0.2, -0.15) is 0 Å². The predicted molar refractivity (Wildman–Crippen MR) is 127 cm³/mol. The molecule has 2 aromatic heterocycles. The summed E-state index contributed by atoms with van der Waals surface area (Å²) in [5, 5.41) is 1.94. The summed E-state index contributed by atoms with van der Waals surface area (Å²) in [5.41, 5.74) is 1.66. The summed E-state index contributed by atoms with van der Waals surface area (Å²) in [5.74, 6) is 0.499. The lowest BCUT2D eigenvalue weighted by Crippen LogP contribution is -2.39. The van der Waals surface area contributed by atoms with E-state index in [-0.39, 0.29) is 11.5 Å². The number of aromatic nitrogens is 1. The molecule has 1 aliphatic rings. The molecule has 0 N–H and O–H groups in total. The third-order valence-electron chi connectivity index (χ3n) is 4.99. The molecule has 0 bridgehead atoms. The average molecular weight is 469 g/mol. The number of thiophene rings is 1. The molecule has 0 amide bonds. The molecule has 1 aliphatic heterocycles. The minimum Gasteiger partial charge on any atom is -0.497 e. The molecule has 32 heavy (non-hydrogen) atoms. The monoisotopic (exact) mass is 468 g/mol. The Hall–Kier alpha value is -2.97. The third-order valence-corrected chi connectivity index (χ3v) is 6.90. The van der Waals surface area contributed by atoms with Gasteiger partial charge in [-0.1, -0.05) is 43.4 Å². The van der Waals surface area contributed by atoms with Crippen LogP contribution in [-0.4, -0.2) is 24.3 Å². The normalized spacial score (nSPS) is 16.2. The van der Waals surface area contributed by atoms with Crippen LogP contribution in [0.2, 0.25) is 0 Å². The van der Waals surface area contributed by atoms with E-state index in [0.717, 1.165) is 10.4 Å². The molecule has 0 saturated carbocycles. The van der Waals surface area contributed by atoms with Crippen LogP contribution in [-0.2, 0) is 9.53 Å². The van der Waals surface area contributed by atoms with E-state index in [1.807, 2.05) is 61.7 Å². The van der Waals surface area contributed by atoms with Gasteiger partial charge in [-0.3, -0.25) is 9.36 Å². The van der Waals surface area contributed by atoms with E-state index in [1.165, 1.54) is 22.7 Å². The van der Waals surface area contributed by atoms with Crippen molar-refractivity contribution in [2.75, 3.05) is 13.7 Å². The fraction of sp³-hybridized carbons (Fsp3) is 0.292. The minimum atomic E-state index is -0.557. The Morgan fingerprint density at radius 3 is 2.78 bits per heavy atom. The average Bonchev–Trinajstić information content (AvgIpc) is 3.40. The smallest absolute Gasteiger partial charge is 0.338 e. The number of carbonyl (C=O) groups is 1. The van der Waals surface area contributed by atoms with Gasteiger partial charge in [-0.05, 0) is 48.1 Å². The highest BCUT2D eigenvalue weighted by Gasteiger charge is 2.34. The maximum atomic E-state index is 13.5. The van der Waals surface area contributed by atoms with Crippen molar-refractivity contribution in [2.24, 2.45) is 10.9 Å². The standard InChI is InChI=1S/C24H24N2O4S2/c1-14(2)13-30-23(28)20-15(3)25-24-26(21(20)18-9-6-10-31-18)22(27)19(32-24)12-16-7-5-8-17(11-16)29-4/h5-12,14,21H,13H2,1-4H3/b19-12+. The van der Waals surface area contributed by atoms with Crippen molar-refractivity contribution in [2.45, 2.75) is 26.8 Å². The van der Waals surface area contributed by atoms with Crippen LogP contribution in [0.15, 0.2) is 62.8 Å². The van der Waals surface area contributed by atoms with E-state index in [1.54, 1.807) is 18.6 Å². The number of rotatable bonds is 6. The molecule has 3 heterocycles. The zero-order chi connectivity index (χ0) is 22.8. The maximum absolute atomic E-state index is 13.5. The molecular weight excluding hydrogens is 444 g/mol. The Labute approximate surface area is 193 Å². The highest BCUT2D eigenvalue weighted by Crippen LogP contribution is 2.33. The Morgan fingerprint density at radius 2 is 2.09 bits per heavy atom. The van der Waals surface area contributed by atoms with Crippen molar-refractivity contribution < 1.29 is 14.3 Å². The number of methoxy groups -OCH3 is 1. The van der Waals surface area contributed by atoms with Gasteiger partial charge >= 0.3 is 5.97 Å². The number of carbonyl (C=O) groups excluding carboxylic acids is 1. The maximum Gasteiger partial charge on any atom is 0.338 e. The second-order valence-corrected chi connectivity index (χ2v) is 9.85. The van der Waals surface area contributed by atoms with E-state index < -0.39 is 12.0 Å². The summed E-state index contributed by atoms with van der Waals surface area (Å²) < 4.78 is 13.0. The lowest BCUT2D eigenvalue weighted by Gasteiger charge is -2.23. The van der Waals surface area contributed by atoms with Crippen LogP contribution in [0.1, 0.15) is 37.3 Å². The van der Waals surface area contributed by atoms with Crippen LogP contribution in [0.3, 0.4) is 0 Å². The van der Waals surface area contributed by atoms with Crippen molar-refractivity contribution in [3.8, 4) is 5.75 Å². The van der Waals surface area contributed by atoms with Gasteiger partial charge in [0, 0.05) is 4.88 Å². The van der Waals surface area contributed by atoms with E-state index in [9.17, 15) is 9.59 Å². The summed E-state index contributed by atoms with van der Waals surface area (Å²) in [6.45, 7) is 6.08. The number of allylic oxidation sites excluding steroid dienone is 1. The van der Waals surface area contributed by atoms with Crippen molar-refractivity contribution in [3.05, 3.63) is 83.2 Å². The quantitative estimate of drug-likeness (QED) is 0.519. The Bertz CT molecular complexity index is 1350. The van der Waals surface area contributed by atoms with Crippen LogP contribution in [0.25, 0.3) is 6.08 Å². The lowest BCUT2D eigenvalue weighted by atomic mass is 10.0. The van der Waals surface area contributed by atoms with Gasteiger partial charge in [-0.15, -0.1) is 11.3 Å². The van der Waals surface area contributed by atoms with Gasteiger partial charge in [0.05, 0.1) is 29.5 Å². The molecule has 0 radical (unpaired) electrons. The van der Waals surface area contributed by atoms with Crippen LogP contribution in [0, 0.1) is 5.92 Å². The Morgan fingerprint density at radius 1 is 1.28 bits per heavy atom. The number of fused-ring (bicyclic) bond motifs is 1. The molecule has 4 rings (SSSR count). The molecular formula is C24H24N2O4S2. The summed E-state index contributed by atoms with van der Waals surface area (Å²) in [6.07, 6.45) is 1.83. The highest BCUT2D eigenvalue weighted by molar-refractivity contribution is 7.10. The number of ether oxygens (including phenoxy) is 2. The van der Waals surface area contributed by atoms with Crippen molar-refractivity contribution in [1.29, 1.82) is 0 Å². The number of benzene rings is 1. The number of hydrogen-bond acceptors (Lipinski definition) is 7. The zero-order valence-corrected chi connectivity index (χ0v) is 20.0. The second kappa shape index (κ2) is 9.26. The number of esters is 1. The van der Waals surface area contributed by atoms with Crippen molar-refractivity contribution in [1.82, 2.24) is 4.57 Å². The summed E-state index contributed by atoms with van der Waals surface area (Å²) in [6, 6.07) is 10.8. The second-order valence-electron chi connectivity index (χ2n) is 7.87. The molecule has 3 aromatic rings. The fourth-order valence-corrected chi connectivity index (χ4v) is 5.37. The van der Waals surface area contributed by atoms with Gasteiger partial charge in [0.1, 0.15) is 11.8 Å². The highest BCUT2D eigenvalue weighted by atomic mass is 32.1. The number of hydrogen-bond donors (Lipinski definition) is 0. The fourth-order valence-electron chi connectivity index (χ4n) is 3.50. The van der Waals surface area contributed by atoms with Gasteiger partial charge in [0.2, 0.25) is 0 Å². The van der Waals surface area contributed by atoms with Crippen molar-refractivity contribution >= 4 is 34.7 Å². The third kappa shape index (κ3) is 4.33. The van der Waals surface area contributed by atoms with Crippen LogP contribution >= 0.6 is 22.7 Å². The molecule has 0 saturated heterocycles. The molecule has 0 aliphatic carbocycles. The molecule has 0 fully saturated rings. The van der Waals surface area contributed by atoms with Crippen LogP contribution < -0.4 is 19.6 Å². The number of thiazole rings is 1. The Balaban J connectivity index is 1.86. The van der Waals surface area contributed by atoms with Gasteiger partial charge < -0.3 is 9.47 Å². The Kier molecular flexibility index (Phi) is 6.43. The van der Waals surface area contributed by atoms with E-state index in [4.69, 9.17) is 9.47 Å². The molecule has 0 spiro atoms. The molecule has 8 heteroatoms. The molecule has 1 aromatic carbocycles. The lowest BCUT2D eigenvalue weighted by molar-refractivity contribution is -0.140. The molecule has 166 valence electrons. The molecule has 1 unspecified atom stereocenters. The zero-order valence-electron chi connectivity index (χ0n) is 18.3. The first-order valence-corrected chi connectivity index (χ1v) is 12.0. The molecule has 6 nitrogen and oxygen atoms in total. The predicted octanol–water partition coefficient (Wildman–Crippen LogP) is 3.50. The summed E-state index contributed by atoms with van der Waals surface area (Å²) >= 11 is 2.81. The topological polar surface area (TPSA) is 69.9 Å². The van der Waals surface area contributed by atoms with Crippen molar-refractivity contribution in [3.63, 3.8) is 0 Å². The minimum absolute atomic E-state index is 0.184. The first kappa shape index (κ1) is 22.2. The van der Waals surface area contributed by atoms with Gasteiger partial charge in [0.25, 0.3) is 5.56 Å². The van der Waals surface area contributed by atoms with E-state index in [2.05, 4.69) is 4.99 Å². The van der Waals surface area contributed by atoms with Gasteiger partial charge in [0.15, 0.2) is 4.80 Å². The summed E-state index contributed by atoms with van der Waals surface area (Å²) in [4.78, 5) is 32.6. The van der Waals surface area contributed by atoms with Gasteiger partial charge in [-0.25, -0.2) is 9.79 Å². The SMILES string of the molecule is COc1cccc(/C=c2/sc3n(c2=O)C(c2cccs2)C(C(=O)OCC(C)C)=C(C)N=3)c1. The van der Waals surface area contributed by atoms with E-state index in [0.29, 0.717) is 33.0 Å². The van der Waals surface area contributed by atoms with Crippen LogP contribution in [0.4, 0.5) is 0 Å². The van der Waals surface area contributed by atoms with Crippen LogP contribution in [0.5, 0.6) is 5.75 Å². The van der Waals surface area contributed by atoms with E-state index >= 15 is 0 Å². The molecule has 1 atom stereocenters. The first-order chi connectivity index (χ1) is 15.4.